The third-order valence-electron chi connectivity index (χ3n) is 7.67. The fourth-order valence-electron chi connectivity index (χ4n) is 5.56. The minimum atomic E-state index is -1.41. The highest BCUT2D eigenvalue weighted by molar-refractivity contribution is 5.94. The quantitative estimate of drug-likeness (QED) is 0.342. The van der Waals surface area contributed by atoms with Gasteiger partial charge in [-0.1, -0.05) is 0 Å². The summed E-state index contributed by atoms with van der Waals surface area (Å²) in [5.74, 6) is -1.68. The van der Waals surface area contributed by atoms with Gasteiger partial charge >= 0.3 is 5.97 Å². The Morgan fingerprint density at radius 2 is 1.95 bits per heavy atom. The molecule has 1 N–H and O–H groups in total. The van der Waals surface area contributed by atoms with Crippen LogP contribution in [0.2, 0.25) is 0 Å². The van der Waals surface area contributed by atoms with Gasteiger partial charge in [0.05, 0.1) is 36.2 Å². The maximum atomic E-state index is 15.8. The molecule has 0 radical (unpaired) electrons. The third kappa shape index (κ3) is 4.68. The van der Waals surface area contributed by atoms with Gasteiger partial charge < -0.3 is 28.9 Å². The number of halogens is 2. The highest BCUT2D eigenvalue weighted by Gasteiger charge is 2.53. The predicted octanol–water partition coefficient (Wildman–Crippen LogP) is 3.88. The number of carboxylic acids is 1. The lowest BCUT2D eigenvalue weighted by molar-refractivity contribution is 0.0695. The number of nitrogens with zero attached hydrogens (tertiary/aromatic N) is 5. The number of anilines is 2. The molecular formula is C29H27F2N5O5. The van der Waals surface area contributed by atoms with E-state index in [1.807, 2.05) is 23.9 Å². The number of aromatic nitrogens is 3. The zero-order valence-corrected chi connectivity index (χ0v) is 22.5. The molecule has 1 aliphatic heterocycles. The van der Waals surface area contributed by atoms with Crippen molar-refractivity contribution in [2.75, 3.05) is 37.6 Å². The molecule has 3 atom stereocenters. The van der Waals surface area contributed by atoms with Gasteiger partial charge in [-0.2, -0.15) is 4.98 Å². The van der Waals surface area contributed by atoms with E-state index in [9.17, 15) is 19.1 Å². The number of hydrogen-bond acceptors (Lipinski definition) is 8. The second-order valence-electron chi connectivity index (χ2n) is 10.4. The summed E-state index contributed by atoms with van der Waals surface area (Å²) >= 11 is 0. The number of hydrogen-bond donors (Lipinski definition) is 1. The van der Waals surface area contributed by atoms with Gasteiger partial charge in [0.15, 0.2) is 5.82 Å². The first-order chi connectivity index (χ1) is 19.7. The van der Waals surface area contributed by atoms with E-state index in [-0.39, 0.29) is 41.5 Å². The van der Waals surface area contributed by atoms with Crippen LogP contribution in [0.15, 0.2) is 53.6 Å². The maximum Gasteiger partial charge on any atom is 0.341 e. The van der Waals surface area contributed by atoms with Crippen LogP contribution in [0, 0.1) is 17.6 Å². The minimum Gasteiger partial charge on any atom is -0.481 e. The second-order valence-corrected chi connectivity index (χ2v) is 10.4. The highest BCUT2D eigenvalue weighted by atomic mass is 19.1. The predicted molar refractivity (Wildman–Crippen MR) is 148 cm³/mol. The van der Waals surface area contributed by atoms with Crippen molar-refractivity contribution in [1.82, 2.24) is 14.5 Å². The van der Waals surface area contributed by atoms with Crippen molar-refractivity contribution < 1.29 is 28.2 Å². The fourth-order valence-corrected chi connectivity index (χ4v) is 5.56. The van der Waals surface area contributed by atoms with Crippen molar-refractivity contribution in [2.45, 2.75) is 24.9 Å². The Hall–Kier alpha value is -4.74. The first kappa shape index (κ1) is 26.5. The Morgan fingerprint density at radius 3 is 2.63 bits per heavy atom. The Bertz CT molecular complexity index is 1730. The van der Waals surface area contributed by atoms with Crippen LogP contribution in [0.5, 0.6) is 11.8 Å². The van der Waals surface area contributed by atoms with E-state index in [1.54, 1.807) is 24.4 Å². The number of carboxylic acid groups (broad SMARTS) is 1. The van der Waals surface area contributed by atoms with E-state index >= 15 is 4.39 Å². The van der Waals surface area contributed by atoms with E-state index in [0.29, 0.717) is 29.4 Å². The zero-order chi connectivity index (χ0) is 29.0. The molecule has 0 spiro atoms. The number of ether oxygens (including phenoxy) is 2. The fraction of sp³-hybridized carbons (Fsp3) is 0.310. The van der Waals surface area contributed by atoms with Gasteiger partial charge in [-0.05, 0) is 49.1 Å². The van der Waals surface area contributed by atoms with E-state index < -0.39 is 28.6 Å². The largest absolute Gasteiger partial charge is 0.481 e. The van der Waals surface area contributed by atoms with Crippen LogP contribution in [0.3, 0.4) is 0 Å². The first-order valence-corrected chi connectivity index (χ1v) is 13.0. The van der Waals surface area contributed by atoms with Crippen molar-refractivity contribution in [3.05, 3.63) is 76.2 Å². The molecule has 12 heteroatoms. The maximum absolute atomic E-state index is 15.8. The van der Waals surface area contributed by atoms with Gasteiger partial charge in [0.2, 0.25) is 11.3 Å². The second kappa shape index (κ2) is 10.0. The lowest BCUT2D eigenvalue weighted by Crippen LogP contribution is -2.38. The Morgan fingerprint density at radius 1 is 1.15 bits per heavy atom. The van der Waals surface area contributed by atoms with Crippen molar-refractivity contribution in [2.24, 2.45) is 5.92 Å². The summed E-state index contributed by atoms with van der Waals surface area (Å²) in [6.45, 7) is 0.0578. The number of fused-ring (bicyclic) bond motifs is 2. The molecule has 0 bridgehead atoms. The topological polar surface area (TPSA) is 110 Å². The van der Waals surface area contributed by atoms with Crippen LogP contribution in [0.25, 0.3) is 16.6 Å². The highest BCUT2D eigenvalue weighted by Crippen LogP contribution is 2.50. The van der Waals surface area contributed by atoms with Crippen molar-refractivity contribution in [3.8, 4) is 17.4 Å². The summed E-state index contributed by atoms with van der Waals surface area (Å²) in [6, 6.07) is 8.56. The summed E-state index contributed by atoms with van der Waals surface area (Å²) in [5.41, 5.74) is -0.170. The van der Waals surface area contributed by atoms with E-state index in [0.717, 1.165) is 12.5 Å². The molecule has 1 saturated carbocycles. The summed E-state index contributed by atoms with van der Waals surface area (Å²) in [4.78, 5) is 37.2. The van der Waals surface area contributed by atoms with Gasteiger partial charge in [0.1, 0.15) is 23.8 Å². The summed E-state index contributed by atoms with van der Waals surface area (Å²) in [7, 11) is 5.10. The van der Waals surface area contributed by atoms with E-state index in [1.165, 1.54) is 30.0 Å². The number of piperidine rings is 1. The molecule has 4 heterocycles. The van der Waals surface area contributed by atoms with E-state index in [4.69, 9.17) is 9.47 Å². The van der Waals surface area contributed by atoms with Crippen LogP contribution >= 0.6 is 0 Å². The van der Waals surface area contributed by atoms with Crippen LogP contribution < -0.4 is 24.7 Å². The minimum absolute atomic E-state index is 0.0578. The molecule has 1 aromatic carbocycles. The van der Waals surface area contributed by atoms with Crippen molar-refractivity contribution in [3.63, 3.8) is 0 Å². The van der Waals surface area contributed by atoms with Crippen LogP contribution in [-0.2, 0) is 0 Å². The summed E-state index contributed by atoms with van der Waals surface area (Å²) in [6.07, 6.45) is 4.39. The molecule has 41 heavy (non-hydrogen) atoms. The number of pyridine rings is 3. The van der Waals surface area contributed by atoms with Gasteiger partial charge in [0.25, 0.3) is 5.88 Å². The standard InChI is InChI=1S/C29H27F2N5O5/c1-34(2)25-6-4-16(12-32-25)35-13-19(29(38)39)27(37)18-10-21(31)24(11-23(18)35)36-17(8-15-9-22(15)36)14-41-28-20(30)5-7-26(33-28)40-3/h4-7,10-13,15,17,22H,8-9,14H2,1-3H3,(H,38,39)/t15-,17+,22+/m0/s1. The lowest BCUT2D eigenvalue weighted by atomic mass is 10.1. The lowest BCUT2D eigenvalue weighted by Gasteiger charge is -2.30. The first-order valence-electron chi connectivity index (χ1n) is 13.0. The number of methoxy groups -OCH3 is 1. The van der Waals surface area contributed by atoms with Gasteiger partial charge in [-0.15, -0.1) is 0 Å². The molecule has 1 saturated heterocycles. The molecule has 10 nitrogen and oxygen atoms in total. The van der Waals surface area contributed by atoms with E-state index in [2.05, 4.69) is 9.97 Å². The molecule has 1 aliphatic carbocycles. The van der Waals surface area contributed by atoms with Gasteiger partial charge in [-0.25, -0.2) is 18.6 Å². The summed E-state index contributed by atoms with van der Waals surface area (Å²) < 4.78 is 42.4. The molecule has 2 fully saturated rings. The molecule has 212 valence electrons. The molecule has 3 aromatic heterocycles. The Balaban J connectivity index is 1.42. The SMILES string of the molecule is COc1ccc(F)c(OC[C@H]2C[C@H]3C[C@H]3N2c2cc3c(cc2F)c(=O)c(C(=O)O)cn3-c2ccc(N(C)C)nc2)n1. The smallest absolute Gasteiger partial charge is 0.341 e. The van der Waals surface area contributed by atoms with Crippen LogP contribution in [-0.4, -0.2) is 65.5 Å². The van der Waals surface area contributed by atoms with Gasteiger partial charge in [-0.3, -0.25) is 4.79 Å². The monoisotopic (exact) mass is 563 g/mol. The third-order valence-corrected chi connectivity index (χ3v) is 7.67. The number of benzene rings is 1. The number of aromatic carboxylic acids is 1. The molecule has 0 unspecified atom stereocenters. The Kier molecular flexibility index (Phi) is 6.47. The number of carbonyl (C=O) groups is 1. The molecule has 2 aliphatic rings. The van der Waals surface area contributed by atoms with Gasteiger partial charge in [0, 0.05) is 37.8 Å². The van der Waals surface area contributed by atoms with Crippen LogP contribution in [0.4, 0.5) is 20.3 Å². The zero-order valence-electron chi connectivity index (χ0n) is 22.5. The molecule has 6 rings (SSSR count). The van der Waals surface area contributed by atoms with Crippen LogP contribution in [0.1, 0.15) is 23.2 Å². The summed E-state index contributed by atoms with van der Waals surface area (Å²) in [5, 5.41) is 9.63. The average molecular weight is 564 g/mol. The molecular weight excluding hydrogens is 536 g/mol. The van der Waals surface area contributed by atoms with Crippen molar-refractivity contribution >= 4 is 28.4 Å². The molecule has 4 aromatic rings. The normalized spacial score (nSPS) is 19.2. The Labute approximate surface area is 233 Å². The number of rotatable bonds is 8. The van der Waals surface area contributed by atoms with Crippen molar-refractivity contribution in [1.29, 1.82) is 0 Å². The average Bonchev–Trinajstić information content (AvgIpc) is 3.63. The molecule has 0 amide bonds.